The maximum Gasteiger partial charge on any atom is 0.143 e. The molecular formula is C50H32N2O. The van der Waals surface area contributed by atoms with Gasteiger partial charge in [0.25, 0.3) is 0 Å². The second kappa shape index (κ2) is 12.3. The third-order valence-corrected chi connectivity index (χ3v) is 10.8. The Morgan fingerprint density at radius 1 is 0.434 bits per heavy atom. The zero-order chi connectivity index (χ0) is 35.4. The Kier molecular flexibility index (Phi) is 7.09. The summed E-state index contributed by atoms with van der Waals surface area (Å²) in [5, 5.41) is 11.8. The van der Waals surface area contributed by atoms with E-state index in [9.17, 15) is 5.26 Å². The van der Waals surface area contributed by atoms with Crippen molar-refractivity contribution < 1.29 is 4.42 Å². The minimum atomic E-state index is -0.467. The first-order valence-electron chi connectivity index (χ1n) is 17.9. The Balaban J connectivity index is 1.10. The van der Waals surface area contributed by atoms with Crippen molar-refractivity contribution in [3.8, 4) is 28.3 Å². The van der Waals surface area contributed by atoms with Crippen molar-refractivity contribution in [1.29, 1.82) is 5.26 Å². The highest BCUT2D eigenvalue weighted by Crippen LogP contribution is 2.56. The zero-order valence-corrected chi connectivity index (χ0v) is 28.8. The molecule has 0 spiro atoms. The van der Waals surface area contributed by atoms with E-state index in [1.807, 2.05) is 36.4 Å². The van der Waals surface area contributed by atoms with Crippen LogP contribution in [0.1, 0.15) is 27.8 Å². The van der Waals surface area contributed by atoms with Crippen LogP contribution in [0, 0.1) is 11.3 Å². The second-order valence-corrected chi connectivity index (χ2v) is 13.6. The summed E-state index contributed by atoms with van der Waals surface area (Å²) in [6, 6.07) is 70.8. The SMILES string of the molecule is N#Cc1ccc(N(c2ccc(-c3cccc4c3oc3ccccc34)cc2)c2ccc(C3(c4ccccc4)c4ccccc4-c4ccccc43)cc2)cc1. The summed E-state index contributed by atoms with van der Waals surface area (Å²) >= 11 is 0. The lowest BCUT2D eigenvalue weighted by Crippen LogP contribution is -2.28. The smallest absolute Gasteiger partial charge is 0.143 e. The van der Waals surface area contributed by atoms with Crippen LogP contribution in [0.15, 0.2) is 199 Å². The molecule has 3 heteroatoms. The number of hydrogen-bond donors (Lipinski definition) is 0. The minimum absolute atomic E-state index is 0.467. The molecule has 0 amide bonds. The molecule has 10 rings (SSSR count). The van der Waals surface area contributed by atoms with Crippen LogP contribution in [0.3, 0.4) is 0 Å². The van der Waals surface area contributed by atoms with Gasteiger partial charge in [0.2, 0.25) is 0 Å². The largest absolute Gasteiger partial charge is 0.455 e. The van der Waals surface area contributed by atoms with E-state index in [4.69, 9.17) is 4.42 Å². The Morgan fingerprint density at radius 3 is 1.60 bits per heavy atom. The zero-order valence-electron chi connectivity index (χ0n) is 28.8. The molecule has 0 saturated carbocycles. The molecule has 3 nitrogen and oxygen atoms in total. The molecule has 0 saturated heterocycles. The van der Waals surface area contributed by atoms with Crippen molar-refractivity contribution in [2.75, 3.05) is 4.90 Å². The predicted octanol–water partition coefficient (Wildman–Crippen LogP) is 13.0. The summed E-state index contributed by atoms with van der Waals surface area (Å²) in [6.07, 6.45) is 0. The van der Waals surface area contributed by atoms with Gasteiger partial charge in [0.05, 0.1) is 17.0 Å². The molecule has 0 fully saturated rings. The fourth-order valence-electron chi connectivity index (χ4n) is 8.47. The number of rotatable bonds is 6. The molecule has 0 aliphatic heterocycles. The van der Waals surface area contributed by atoms with Crippen LogP contribution < -0.4 is 4.90 Å². The van der Waals surface area contributed by atoms with Gasteiger partial charge in [-0.25, -0.2) is 0 Å². The molecular weight excluding hydrogens is 645 g/mol. The van der Waals surface area contributed by atoms with Gasteiger partial charge in [0, 0.05) is 33.4 Å². The average molecular weight is 677 g/mol. The summed E-state index contributed by atoms with van der Waals surface area (Å²) in [5.41, 5.74) is 14.7. The van der Waals surface area contributed by atoms with Crippen molar-refractivity contribution in [3.63, 3.8) is 0 Å². The van der Waals surface area contributed by atoms with Gasteiger partial charge in [0.1, 0.15) is 11.2 Å². The molecule has 0 radical (unpaired) electrons. The highest BCUT2D eigenvalue weighted by molar-refractivity contribution is 6.09. The van der Waals surface area contributed by atoms with Crippen LogP contribution in [0.25, 0.3) is 44.2 Å². The van der Waals surface area contributed by atoms with E-state index in [1.54, 1.807) is 0 Å². The molecule has 0 atom stereocenters. The number of anilines is 3. The molecule has 0 N–H and O–H groups in total. The molecule has 0 unspecified atom stereocenters. The molecule has 1 heterocycles. The van der Waals surface area contributed by atoms with Crippen molar-refractivity contribution in [1.82, 2.24) is 0 Å². The van der Waals surface area contributed by atoms with E-state index in [-0.39, 0.29) is 0 Å². The van der Waals surface area contributed by atoms with Crippen molar-refractivity contribution >= 4 is 39.0 Å². The first-order valence-corrected chi connectivity index (χ1v) is 17.9. The number of furan rings is 1. The molecule has 0 bridgehead atoms. The molecule has 1 aromatic heterocycles. The van der Waals surface area contributed by atoms with E-state index in [2.05, 4.69) is 169 Å². The van der Waals surface area contributed by atoms with Crippen LogP contribution >= 0.6 is 0 Å². The van der Waals surface area contributed by atoms with Gasteiger partial charge in [-0.15, -0.1) is 0 Å². The number of fused-ring (bicyclic) bond motifs is 6. The van der Waals surface area contributed by atoms with Gasteiger partial charge in [-0.2, -0.15) is 5.26 Å². The standard InChI is InChI=1S/C50H32N2O/c51-33-34-21-27-38(28-22-34)52(39-29-23-35(24-30-39)41-16-10-17-45-44-15-6-9-20-48(44)53-49(41)45)40-31-25-37(26-32-40)50(36-11-2-1-3-12-36)46-18-7-4-13-42(46)43-14-5-8-19-47(43)50/h1-32H. The molecule has 248 valence electrons. The quantitative estimate of drug-likeness (QED) is 0.176. The van der Waals surface area contributed by atoms with Crippen LogP contribution in [-0.2, 0) is 5.41 Å². The maximum absolute atomic E-state index is 9.58. The Morgan fingerprint density at radius 2 is 0.943 bits per heavy atom. The van der Waals surface area contributed by atoms with Crippen LogP contribution in [0.4, 0.5) is 17.1 Å². The molecule has 8 aromatic carbocycles. The first kappa shape index (κ1) is 30.7. The van der Waals surface area contributed by atoms with Gasteiger partial charge in [0.15, 0.2) is 0 Å². The van der Waals surface area contributed by atoms with Gasteiger partial charge in [-0.1, -0.05) is 140 Å². The van der Waals surface area contributed by atoms with E-state index < -0.39 is 5.41 Å². The minimum Gasteiger partial charge on any atom is -0.455 e. The third-order valence-electron chi connectivity index (χ3n) is 10.8. The lowest BCUT2D eigenvalue weighted by Gasteiger charge is -2.34. The lowest BCUT2D eigenvalue weighted by molar-refractivity contribution is 0.670. The summed E-state index contributed by atoms with van der Waals surface area (Å²) < 4.78 is 6.38. The Labute approximate surface area is 308 Å². The fourth-order valence-corrected chi connectivity index (χ4v) is 8.47. The molecule has 53 heavy (non-hydrogen) atoms. The summed E-state index contributed by atoms with van der Waals surface area (Å²) in [5.74, 6) is 0. The first-order chi connectivity index (χ1) is 26.2. The third kappa shape index (κ3) is 4.74. The van der Waals surface area contributed by atoms with Gasteiger partial charge >= 0.3 is 0 Å². The molecule has 9 aromatic rings. The number of nitriles is 1. The highest BCUT2D eigenvalue weighted by atomic mass is 16.3. The number of nitrogens with zero attached hydrogens (tertiary/aromatic N) is 2. The van der Waals surface area contributed by atoms with E-state index >= 15 is 0 Å². The summed E-state index contributed by atoms with van der Waals surface area (Å²) in [7, 11) is 0. The van der Waals surface area contributed by atoms with Crippen LogP contribution in [0.5, 0.6) is 0 Å². The Hall–Kier alpha value is -7.15. The van der Waals surface area contributed by atoms with E-state index in [0.29, 0.717) is 5.56 Å². The predicted molar refractivity (Wildman–Crippen MR) is 216 cm³/mol. The van der Waals surface area contributed by atoms with Crippen molar-refractivity contribution in [2.24, 2.45) is 0 Å². The second-order valence-electron chi connectivity index (χ2n) is 13.6. The molecule has 1 aliphatic rings. The number of hydrogen-bond acceptors (Lipinski definition) is 3. The van der Waals surface area contributed by atoms with E-state index in [1.165, 1.54) is 33.4 Å². The maximum atomic E-state index is 9.58. The number of benzene rings is 8. The van der Waals surface area contributed by atoms with E-state index in [0.717, 1.165) is 50.1 Å². The topological polar surface area (TPSA) is 40.2 Å². The lowest BCUT2D eigenvalue weighted by atomic mass is 9.68. The van der Waals surface area contributed by atoms with Gasteiger partial charge in [-0.3, -0.25) is 0 Å². The average Bonchev–Trinajstić information content (AvgIpc) is 3.76. The normalized spacial score (nSPS) is 12.7. The highest BCUT2D eigenvalue weighted by Gasteiger charge is 2.45. The monoisotopic (exact) mass is 676 g/mol. The number of para-hydroxylation sites is 2. The van der Waals surface area contributed by atoms with Crippen molar-refractivity contribution in [2.45, 2.75) is 5.41 Å². The van der Waals surface area contributed by atoms with Crippen molar-refractivity contribution in [3.05, 3.63) is 222 Å². The summed E-state index contributed by atoms with van der Waals surface area (Å²) in [4.78, 5) is 2.25. The summed E-state index contributed by atoms with van der Waals surface area (Å²) in [6.45, 7) is 0. The van der Waals surface area contributed by atoms with Crippen LogP contribution in [-0.4, -0.2) is 0 Å². The van der Waals surface area contributed by atoms with Gasteiger partial charge in [-0.05, 0) is 93.5 Å². The van der Waals surface area contributed by atoms with Crippen LogP contribution in [0.2, 0.25) is 0 Å². The molecule has 1 aliphatic carbocycles. The van der Waals surface area contributed by atoms with Gasteiger partial charge < -0.3 is 9.32 Å². The fraction of sp³-hybridized carbons (Fsp3) is 0.0200. The Bertz CT molecular complexity index is 2780.